The fourth-order valence-corrected chi connectivity index (χ4v) is 2.84. The predicted molar refractivity (Wildman–Crippen MR) is 84.4 cm³/mol. The summed E-state index contributed by atoms with van der Waals surface area (Å²) < 4.78 is 6.55. The van der Waals surface area contributed by atoms with Gasteiger partial charge in [0.15, 0.2) is 0 Å². The van der Waals surface area contributed by atoms with Gasteiger partial charge in [-0.1, -0.05) is 36.7 Å². The van der Waals surface area contributed by atoms with Gasteiger partial charge in [0.05, 0.1) is 29.0 Å². The van der Waals surface area contributed by atoms with Crippen LogP contribution in [0.3, 0.4) is 0 Å². The molecule has 3 nitrogen and oxygen atoms in total. The van der Waals surface area contributed by atoms with Crippen LogP contribution in [0.4, 0.5) is 5.69 Å². The van der Waals surface area contributed by atoms with Crippen molar-refractivity contribution in [2.45, 2.75) is 13.0 Å². The summed E-state index contributed by atoms with van der Waals surface area (Å²) in [5.74, 6) is 1.32. The molecule has 20 heavy (non-hydrogen) atoms. The summed E-state index contributed by atoms with van der Waals surface area (Å²) in [6.07, 6.45) is 1.75. The molecule has 3 rings (SSSR count). The van der Waals surface area contributed by atoms with E-state index in [2.05, 4.69) is 39.2 Å². The van der Waals surface area contributed by atoms with E-state index < -0.39 is 0 Å². The molecule has 0 fully saturated rings. The van der Waals surface area contributed by atoms with Gasteiger partial charge in [0, 0.05) is 11.5 Å². The number of anilines is 1. The van der Waals surface area contributed by atoms with Gasteiger partial charge in [0.2, 0.25) is 0 Å². The monoisotopic (exact) mass is 352 g/mol. The summed E-state index contributed by atoms with van der Waals surface area (Å²) in [6, 6.07) is 10.3. The summed E-state index contributed by atoms with van der Waals surface area (Å²) in [6.45, 7) is 2.88. The molecule has 2 aromatic rings. The maximum absolute atomic E-state index is 5.93. The van der Waals surface area contributed by atoms with Crippen LogP contribution in [0, 0.1) is 5.92 Å². The van der Waals surface area contributed by atoms with Crippen LogP contribution >= 0.6 is 27.5 Å². The largest absolute Gasteiger partial charge is 0.493 e. The zero-order valence-corrected chi connectivity index (χ0v) is 13.3. The Morgan fingerprint density at radius 3 is 3.00 bits per heavy atom. The summed E-state index contributed by atoms with van der Waals surface area (Å²) >= 11 is 9.33. The van der Waals surface area contributed by atoms with Crippen LogP contribution in [-0.2, 0) is 0 Å². The molecule has 2 unspecified atom stereocenters. The third-order valence-corrected chi connectivity index (χ3v) is 4.58. The lowest BCUT2D eigenvalue weighted by molar-refractivity contribution is 0.214. The Bertz CT molecular complexity index is 635. The van der Waals surface area contributed by atoms with Crippen molar-refractivity contribution in [1.82, 2.24) is 4.98 Å². The van der Waals surface area contributed by atoms with E-state index in [-0.39, 0.29) is 6.04 Å². The van der Waals surface area contributed by atoms with E-state index in [0.29, 0.717) is 17.7 Å². The maximum atomic E-state index is 5.93. The molecule has 2 atom stereocenters. The van der Waals surface area contributed by atoms with Crippen molar-refractivity contribution in [1.29, 1.82) is 0 Å². The van der Waals surface area contributed by atoms with Crippen LogP contribution in [0.25, 0.3) is 0 Å². The van der Waals surface area contributed by atoms with Gasteiger partial charge in [0.1, 0.15) is 10.9 Å². The topological polar surface area (TPSA) is 34.1 Å². The number of ether oxygens (including phenoxy) is 1. The van der Waals surface area contributed by atoms with Gasteiger partial charge in [-0.05, 0) is 28.1 Å². The molecule has 0 radical (unpaired) electrons. The summed E-state index contributed by atoms with van der Waals surface area (Å²) in [5.41, 5.74) is 2.12. The van der Waals surface area contributed by atoms with E-state index >= 15 is 0 Å². The number of hydrogen-bond donors (Lipinski definition) is 1. The third kappa shape index (κ3) is 2.63. The van der Waals surface area contributed by atoms with Crippen LogP contribution < -0.4 is 10.1 Å². The standard InChI is InChI=1S/C15H14BrClN2O/c1-9-8-20-13-5-3-2-4-11(13)14(9)19-10-6-12(16)15(17)18-7-10/h2-7,9,14,19H,8H2,1H3. The highest BCUT2D eigenvalue weighted by molar-refractivity contribution is 9.10. The highest BCUT2D eigenvalue weighted by Crippen LogP contribution is 2.37. The van der Waals surface area contributed by atoms with Crippen molar-refractivity contribution in [3.05, 3.63) is 51.7 Å². The lowest BCUT2D eigenvalue weighted by atomic mass is 9.92. The van der Waals surface area contributed by atoms with Gasteiger partial charge < -0.3 is 10.1 Å². The summed E-state index contributed by atoms with van der Waals surface area (Å²) in [5, 5.41) is 3.99. The number of nitrogens with one attached hydrogen (secondary N) is 1. The molecule has 2 heterocycles. The number of nitrogens with zero attached hydrogens (tertiary/aromatic N) is 1. The molecular formula is C15H14BrClN2O. The number of para-hydroxylation sites is 1. The molecule has 1 aromatic carbocycles. The first-order valence-corrected chi connectivity index (χ1v) is 7.61. The van der Waals surface area contributed by atoms with Crippen molar-refractivity contribution in [3.63, 3.8) is 0 Å². The van der Waals surface area contributed by atoms with E-state index in [4.69, 9.17) is 16.3 Å². The molecule has 0 aliphatic carbocycles. The van der Waals surface area contributed by atoms with Gasteiger partial charge in [-0.2, -0.15) is 0 Å². The average Bonchev–Trinajstić information content (AvgIpc) is 2.46. The van der Waals surface area contributed by atoms with Crippen LogP contribution in [-0.4, -0.2) is 11.6 Å². The number of pyridine rings is 1. The first-order valence-electron chi connectivity index (χ1n) is 6.44. The Morgan fingerprint density at radius 1 is 1.40 bits per heavy atom. The van der Waals surface area contributed by atoms with Gasteiger partial charge in [-0.3, -0.25) is 0 Å². The molecule has 0 saturated carbocycles. The highest BCUT2D eigenvalue weighted by Gasteiger charge is 2.27. The Kier molecular flexibility index (Phi) is 3.85. The minimum absolute atomic E-state index is 0.204. The number of hydrogen-bond acceptors (Lipinski definition) is 3. The zero-order chi connectivity index (χ0) is 14.1. The van der Waals surface area contributed by atoms with Crippen molar-refractivity contribution < 1.29 is 4.74 Å². The Labute approximate surface area is 131 Å². The van der Waals surface area contributed by atoms with Crippen molar-refractivity contribution in [3.8, 4) is 5.75 Å². The molecule has 1 aliphatic rings. The SMILES string of the molecule is CC1COc2ccccc2C1Nc1cnc(Cl)c(Br)c1. The fourth-order valence-electron chi connectivity index (χ4n) is 2.39. The van der Waals surface area contributed by atoms with Crippen molar-refractivity contribution in [2.75, 3.05) is 11.9 Å². The first kappa shape index (κ1) is 13.7. The van der Waals surface area contributed by atoms with Crippen LogP contribution in [0.2, 0.25) is 5.15 Å². The number of fused-ring (bicyclic) bond motifs is 1. The van der Waals surface area contributed by atoms with Crippen molar-refractivity contribution in [2.24, 2.45) is 5.92 Å². The Hall–Kier alpha value is -1.26. The van der Waals surface area contributed by atoms with E-state index in [1.807, 2.05) is 24.3 Å². The number of benzene rings is 1. The smallest absolute Gasteiger partial charge is 0.143 e. The molecule has 5 heteroatoms. The molecule has 1 aliphatic heterocycles. The second-order valence-corrected chi connectivity index (χ2v) is 6.16. The van der Waals surface area contributed by atoms with Crippen LogP contribution in [0.15, 0.2) is 41.0 Å². The minimum Gasteiger partial charge on any atom is -0.493 e. The lowest BCUT2D eigenvalue weighted by Gasteiger charge is -2.32. The van der Waals surface area contributed by atoms with Gasteiger partial charge in [0.25, 0.3) is 0 Å². The Morgan fingerprint density at radius 2 is 2.20 bits per heavy atom. The van der Waals surface area contributed by atoms with Crippen molar-refractivity contribution >= 4 is 33.2 Å². The first-order chi connectivity index (χ1) is 9.65. The molecule has 0 saturated heterocycles. The van der Waals surface area contributed by atoms with E-state index in [9.17, 15) is 0 Å². The summed E-state index contributed by atoms with van der Waals surface area (Å²) in [4.78, 5) is 4.15. The summed E-state index contributed by atoms with van der Waals surface area (Å²) in [7, 11) is 0. The number of halogens is 2. The minimum atomic E-state index is 0.204. The molecule has 0 spiro atoms. The normalized spacial score (nSPS) is 20.9. The molecular weight excluding hydrogens is 340 g/mol. The van der Waals surface area contributed by atoms with Crippen LogP contribution in [0.1, 0.15) is 18.5 Å². The zero-order valence-electron chi connectivity index (χ0n) is 10.9. The number of rotatable bonds is 2. The lowest BCUT2D eigenvalue weighted by Crippen LogP contribution is -2.28. The maximum Gasteiger partial charge on any atom is 0.143 e. The van der Waals surface area contributed by atoms with E-state index in [0.717, 1.165) is 15.9 Å². The van der Waals surface area contributed by atoms with Gasteiger partial charge in [-0.25, -0.2) is 4.98 Å². The number of aromatic nitrogens is 1. The molecule has 0 bridgehead atoms. The average molecular weight is 354 g/mol. The molecule has 1 aromatic heterocycles. The molecule has 1 N–H and O–H groups in total. The van der Waals surface area contributed by atoms with E-state index in [1.54, 1.807) is 6.20 Å². The second-order valence-electron chi connectivity index (χ2n) is 4.94. The van der Waals surface area contributed by atoms with Gasteiger partial charge >= 0.3 is 0 Å². The third-order valence-electron chi connectivity index (χ3n) is 3.44. The molecule has 0 amide bonds. The predicted octanol–water partition coefficient (Wildman–Crippen LogP) is 4.68. The quantitative estimate of drug-likeness (QED) is 0.796. The van der Waals surface area contributed by atoms with E-state index in [1.165, 1.54) is 5.56 Å². The fraction of sp³-hybridized carbons (Fsp3) is 0.267. The highest BCUT2D eigenvalue weighted by atomic mass is 79.9. The van der Waals surface area contributed by atoms with Gasteiger partial charge in [-0.15, -0.1) is 0 Å². The Balaban J connectivity index is 1.91. The second kappa shape index (κ2) is 5.62. The molecule has 104 valence electrons. The van der Waals surface area contributed by atoms with Crippen LogP contribution in [0.5, 0.6) is 5.75 Å².